The molecule has 200 valence electrons. The van der Waals surface area contributed by atoms with Gasteiger partial charge < -0.3 is 11.2 Å². The van der Waals surface area contributed by atoms with Gasteiger partial charge in [0.2, 0.25) is 0 Å². The average molecular weight is 539 g/mol. The second-order valence-corrected chi connectivity index (χ2v) is 10.6. The lowest BCUT2D eigenvalue weighted by atomic mass is 9.91. The maximum Gasteiger partial charge on any atom is 0.0540 e. The number of rotatable bonds is 6. The fourth-order valence-electron chi connectivity index (χ4n) is 6.32. The molecule has 0 aromatic heterocycles. The van der Waals surface area contributed by atoms with Crippen molar-refractivity contribution in [1.29, 1.82) is 0 Å². The highest BCUT2D eigenvalue weighted by Gasteiger charge is 2.21. The van der Waals surface area contributed by atoms with Crippen molar-refractivity contribution in [2.75, 3.05) is 9.80 Å². The summed E-state index contributed by atoms with van der Waals surface area (Å²) < 4.78 is 0. The molecular formula is C40H29N2-. The lowest BCUT2D eigenvalue weighted by molar-refractivity contribution is 1.30. The summed E-state index contributed by atoms with van der Waals surface area (Å²) in [6, 6.07) is 60.8. The molecule has 42 heavy (non-hydrogen) atoms. The summed E-state index contributed by atoms with van der Waals surface area (Å²) >= 11 is 0. The Bertz CT molecular complexity index is 1890. The van der Waals surface area contributed by atoms with E-state index in [0.29, 0.717) is 0 Å². The minimum atomic E-state index is 0. The van der Waals surface area contributed by atoms with Crippen LogP contribution in [-0.4, -0.2) is 0 Å². The summed E-state index contributed by atoms with van der Waals surface area (Å²) in [6.45, 7) is 0. The Morgan fingerprint density at radius 1 is 0.286 bits per heavy atom. The van der Waals surface area contributed by atoms with Crippen molar-refractivity contribution < 1.29 is 1.43 Å². The zero-order chi connectivity index (χ0) is 27.9. The Morgan fingerprint density at radius 3 is 0.881 bits per heavy atom. The summed E-state index contributed by atoms with van der Waals surface area (Å²) in [7, 11) is 0. The van der Waals surface area contributed by atoms with Gasteiger partial charge in [0, 0.05) is 33.5 Å². The van der Waals surface area contributed by atoms with E-state index >= 15 is 0 Å². The van der Waals surface area contributed by atoms with Gasteiger partial charge >= 0.3 is 0 Å². The van der Waals surface area contributed by atoms with Crippen molar-refractivity contribution >= 4 is 66.4 Å². The lowest BCUT2D eigenvalue weighted by Crippen LogP contribution is -2.11. The van der Waals surface area contributed by atoms with E-state index in [9.17, 15) is 0 Å². The fourth-order valence-corrected chi connectivity index (χ4v) is 6.32. The van der Waals surface area contributed by atoms with Crippen LogP contribution in [0.5, 0.6) is 0 Å². The van der Waals surface area contributed by atoms with Crippen LogP contribution in [0.1, 0.15) is 1.43 Å². The van der Waals surface area contributed by atoms with Crippen LogP contribution in [-0.2, 0) is 0 Å². The largest absolute Gasteiger partial charge is 1.00 e. The third-order valence-corrected chi connectivity index (χ3v) is 8.16. The van der Waals surface area contributed by atoms with Gasteiger partial charge in [0.15, 0.2) is 0 Å². The van der Waals surface area contributed by atoms with Gasteiger partial charge in [0.05, 0.1) is 11.4 Å². The van der Waals surface area contributed by atoms with E-state index in [4.69, 9.17) is 0 Å². The van der Waals surface area contributed by atoms with Gasteiger partial charge in [0.1, 0.15) is 0 Å². The molecular weight excluding hydrogens is 508 g/mol. The standard InChI is InChI=1S/C40H28N2.H/c1-5-13-31(14-6-1)41(32-15-7-2-8-16-32)37-27-23-29-22-26-36-38(28-24-30-21-25-35(37)39(29)40(30)36)42(33-17-9-3-10-18-33)34-19-11-4-12-20-34;/h1-28H;/q;-1/i;1+1. The van der Waals surface area contributed by atoms with Crippen LogP contribution >= 0.6 is 0 Å². The molecule has 8 aromatic carbocycles. The summed E-state index contributed by atoms with van der Waals surface area (Å²) in [5.41, 5.74) is 6.89. The maximum atomic E-state index is 2.37. The molecule has 0 unspecified atom stereocenters. The number of hydrogen-bond donors (Lipinski definition) is 0. The first kappa shape index (κ1) is 24.2. The minimum Gasteiger partial charge on any atom is -1.00 e. The van der Waals surface area contributed by atoms with Crippen molar-refractivity contribution in [2.24, 2.45) is 0 Å². The highest BCUT2D eigenvalue weighted by Crippen LogP contribution is 2.47. The number of anilines is 6. The zero-order valence-corrected chi connectivity index (χ0v) is 23.1. The second-order valence-electron chi connectivity index (χ2n) is 10.6. The van der Waals surface area contributed by atoms with Gasteiger partial charge in [-0.15, -0.1) is 0 Å². The van der Waals surface area contributed by atoms with E-state index in [0.717, 1.165) is 22.7 Å². The first-order valence-electron chi connectivity index (χ1n) is 14.4. The molecule has 8 aromatic rings. The van der Waals surface area contributed by atoms with Crippen LogP contribution in [0.15, 0.2) is 170 Å². The SMILES string of the molecule is [2H-].c1ccc(N(c2ccccc2)c2ccc3ccc4c(N(c5ccccc5)c5ccccc5)ccc5ccc2c3c54)cc1. The molecule has 0 N–H and O–H groups in total. The van der Waals surface area contributed by atoms with E-state index in [-0.39, 0.29) is 1.43 Å². The quantitative estimate of drug-likeness (QED) is 0.194. The highest BCUT2D eigenvalue weighted by molar-refractivity contribution is 6.28. The first-order valence-corrected chi connectivity index (χ1v) is 14.4. The highest BCUT2D eigenvalue weighted by atomic mass is 15.1. The van der Waals surface area contributed by atoms with E-state index < -0.39 is 0 Å². The van der Waals surface area contributed by atoms with E-state index in [2.05, 4.69) is 180 Å². The molecule has 0 atom stereocenters. The Balaban J connectivity index is 0.00000300. The molecule has 0 heterocycles. The Labute approximate surface area is 247 Å². The van der Waals surface area contributed by atoms with Crippen molar-refractivity contribution in [3.8, 4) is 0 Å². The number of para-hydroxylation sites is 4. The van der Waals surface area contributed by atoms with Crippen molar-refractivity contribution in [2.45, 2.75) is 0 Å². The third kappa shape index (κ3) is 3.96. The Hall–Kier alpha value is -5.60. The van der Waals surface area contributed by atoms with Gasteiger partial charge in [0.25, 0.3) is 0 Å². The van der Waals surface area contributed by atoms with Crippen LogP contribution in [0.4, 0.5) is 34.1 Å². The maximum absolute atomic E-state index is 2.37. The van der Waals surface area contributed by atoms with Crippen LogP contribution in [0.25, 0.3) is 32.3 Å². The molecule has 0 saturated carbocycles. The predicted molar refractivity (Wildman–Crippen MR) is 181 cm³/mol. The molecule has 0 fully saturated rings. The molecule has 8 rings (SSSR count). The van der Waals surface area contributed by atoms with E-state index in [1.807, 2.05) is 0 Å². The van der Waals surface area contributed by atoms with Crippen LogP contribution < -0.4 is 9.80 Å². The Kier molecular flexibility index (Phi) is 5.82. The molecule has 0 bridgehead atoms. The van der Waals surface area contributed by atoms with Crippen molar-refractivity contribution in [3.05, 3.63) is 170 Å². The molecule has 2 heteroatoms. The molecule has 2 nitrogen and oxygen atoms in total. The number of nitrogens with zero attached hydrogens (tertiary/aromatic N) is 2. The van der Waals surface area contributed by atoms with E-state index in [1.54, 1.807) is 0 Å². The molecule has 0 aliphatic heterocycles. The van der Waals surface area contributed by atoms with Crippen molar-refractivity contribution in [3.63, 3.8) is 0 Å². The van der Waals surface area contributed by atoms with E-state index in [1.165, 1.54) is 43.7 Å². The van der Waals surface area contributed by atoms with Crippen molar-refractivity contribution in [1.82, 2.24) is 0 Å². The van der Waals surface area contributed by atoms with Gasteiger partial charge in [-0.05, 0) is 82.2 Å². The molecule has 0 saturated heterocycles. The zero-order valence-electron chi connectivity index (χ0n) is 24.1. The van der Waals surface area contributed by atoms with Crippen LogP contribution in [0, 0.1) is 0 Å². The predicted octanol–water partition coefficient (Wildman–Crippen LogP) is 11.6. The summed E-state index contributed by atoms with van der Waals surface area (Å²) in [4.78, 5) is 4.74. The van der Waals surface area contributed by atoms with Gasteiger partial charge in [-0.25, -0.2) is 0 Å². The van der Waals surface area contributed by atoms with Crippen LogP contribution in [0.2, 0.25) is 0 Å². The second kappa shape index (κ2) is 10.1. The monoisotopic (exact) mass is 538 g/mol. The normalized spacial score (nSPS) is 11.3. The third-order valence-electron chi connectivity index (χ3n) is 8.16. The van der Waals surface area contributed by atoms with Gasteiger partial charge in [-0.2, -0.15) is 0 Å². The number of benzene rings is 8. The van der Waals surface area contributed by atoms with Crippen LogP contribution in [0.3, 0.4) is 0 Å². The molecule has 0 spiro atoms. The summed E-state index contributed by atoms with van der Waals surface area (Å²) in [5.74, 6) is 0. The minimum absolute atomic E-state index is 0. The van der Waals surface area contributed by atoms with Gasteiger partial charge in [-0.1, -0.05) is 109 Å². The smallest absolute Gasteiger partial charge is 0.0540 e. The topological polar surface area (TPSA) is 6.48 Å². The molecule has 0 radical (unpaired) electrons. The molecule has 0 amide bonds. The average Bonchev–Trinajstić information content (AvgIpc) is 3.07. The Morgan fingerprint density at radius 2 is 0.571 bits per heavy atom. The molecule has 0 aliphatic rings. The summed E-state index contributed by atoms with van der Waals surface area (Å²) in [6.07, 6.45) is 0. The number of hydrogen-bond acceptors (Lipinski definition) is 2. The van der Waals surface area contributed by atoms with Gasteiger partial charge in [-0.3, -0.25) is 0 Å². The lowest BCUT2D eigenvalue weighted by Gasteiger charge is -2.29. The first-order chi connectivity index (χ1) is 20.9. The fraction of sp³-hybridized carbons (Fsp3) is 0. The summed E-state index contributed by atoms with van der Waals surface area (Å²) in [5, 5.41) is 7.56. The molecule has 0 aliphatic carbocycles.